The zero-order valence-corrected chi connectivity index (χ0v) is 21.2. The van der Waals surface area contributed by atoms with Gasteiger partial charge in [0.25, 0.3) is 5.91 Å². The molecule has 1 saturated heterocycles. The first kappa shape index (κ1) is 23.7. The van der Waals surface area contributed by atoms with E-state index in [9.17, 15) is 21.6 Å². The molecule has 0 saturated carbocycles. The fraction of sp³-hybridized carbons (Fsp3) is 0.545. The largest absolute Gasteiger partial charge is 0.337 e. The highest BCUT2D eigenvalue weighted by molar-refractivity contribution is 7.92. The molecule has 2 atom stereocenters. The number of rotatable bonds is 5. The van der Waals surface area contributed by atoms with Gasteiger partial charge in [0.05, 0.1) is 35.2 Å². The van der Waals surface area contributed by atoms with Gasteiger partial charge in [0.1, 0.15) is 0 Å². The third-order valence-electron chi connectivity index (χ3n) is 6.61. The number of anilines is 1. The maximum atomic E-state index is 13.2. The molecule has 3 heterocycles. The molecule has 1 aromatic heterocycles. The molecule has 1 fully saturated rings. The van der Waals surface area contributed by atoms with Gasteiger partial charge < -0.3 is 4.90 Å². The average Bonchev–Trinajstić information content (AvgIpc) is 3.33. The van der Waals surface area contributed by atoms with Crippen molar-refractivity contribution in [3.63, 3.8) is 0 Å². The van der Waals surface area contributed by atoms with E-state index in [2.05, 4.69) is 5.10 Å². The Morgan fingerprint density at radius 2 is 1.97 bits per heavy atom. The van der Waals surface area contributed by atoms with E-state index in [0.29, 0.717) is 30.6 Å². The smallest absolute Gasteiger partial charge is 0.253 e. The highest BCUT2D eigenvalue weighted by Gasteiger charge is 2.34. The number of fused-ring (bicyclic) bond motifs is 1. The van der Waals surface area contributed by atoms with Crippen molar-refractivity contribution >= 4 is 31.5 Å². The summed E-state index contributed by atoms with van der Waals surface area (Å²) >= 11 is 0. The molecule has 2 aliphatic heterocycles. The predicted molar refractivity (Wildman–Crippen MR) is 127 cm³/mol. The molecule has 0 bridgehead atoms. The van der Waals surface area contributed by atoms with Gasteiger partial charge in [0.2, 0.25) is 10.0 Å². The Hall–Kier alpha value is -2.40. The fourth-order valence-electron chi connectivity index (χ4n) is 5.02. The van der Waals surface area contributed by atoms with Crippen LogP contribution in [0.1, 0.15) is 52.3 Å². The number of hydrogen-bond acceptors (Lipinski definition) is 6. The van der Waals surface area contributed by atoms with Gasteiger partial charge in [0.15, 0.2) is 9.84 Å². The lowest BCUT2D eigenvalue weighted by atomic mass is 10.1. The molecule has 2 aromatic rings. The minimum absolute atomic E-state index is 0.0984. The molecule has 0 aliphatic carbocycles. The van der Waals surface area contributed by atoms with Crippen molar-refractivity contribution in [2.75, 3.05) is 29.1 Å². The van der Waals surface area contributed by atoms with Gasteiger partial charge in [-0.1, -0.05) is 0 Å². The average molecular weight is 495 g/mol. The molecular weight excluding hydrogens is 464 g/mol. The van der Waals surface area contributed by atoms with Crippen LogP contribution < -0.4 is 4.31 Å². The molecule has 0 spiro atoms. The maximum absolute atomic E-state index is 13.2. The first-order chi connectivity index (χ1) is 15.3. The highest BCUT2D eigenvalue weighted by atomic mass is 32.2. The first-order valence-electron chi connectivity index (χ1n) is 10.9. The molecule has 33 heavy (non-hydrogen) atoms. The van der Waals surface area contributed by atoms with Crippen LogP contribution >= 0.6 is 0 Å². The summed E-state index contributed by atoms with van der Waals surface area (Å²) in [7, 11) is -4.69. The zero-order chi connectivity index (χ0) is 24.3. The molecule has 180 valence electrons. The number of carbonyl (C=O) groups excluding carboxylic acids is 1. The van der Waals surface area contributed by atoms with Crippen molar-refractivity contribution in [2.24, 2.45) is 0 Å². The Labute approximate surface area is 195 Å². The van der Waals surface area contributed by atoms with Crippen molar-refractivity contribution < 1.29 is 21.6 Å². The number of sulfonamides is 1. The van der Waals surface area contributed by atoms with Crippen LogP contribution in [0, 0.1) is 13.8 Å². The van der Waals surface area contributed by atoms with Crippen LogP contribution in [0.5, 0.6) is 0 Å². The van der Waals surface area contributed by atoms with E-state index >= 15 is 0 Å². The number of carbonyl (C=O) groups is 1. The number of hydrogen-bond donors (Lipinski definition) is 0. The Bertz CT molecular complexity index is 1330. The van der Waals surface area contributed by atoms with Gasteiger partial charge in [-0.05, 0) is 57.4 Å². The molecule has 0 unspecified atom stereocenters. The quantitative estimate of drug-likeness (QED) is 0.627. The van der Waals surface area contributed by atoms with Crippen LogP contribution in [0.2, 0.25) is 0 Å². The van der Waals surface area contributed by atoms with Gasteiger partial charge in [-0.2, -0.15) is 5.10 Å². The predicted octanol–water partition coefficient (Wildman–Crippen LogP) is 1.84. The van der Waals surface area contributed by atoms with Crippen LogP contribution in [0.3, 0.4) is 0 Å². The number of aromatic nitrogens is 2. The van der Waals surface area contributed by atoms with Crippen LogP contribution in [0.25, 0.3) is 0 Å². The maximum Gasteiger partial charge on any atom is 0.253 e. The lowest BCUT2D eigenvalue weighted by Gasteiger charge is -2.22. The zero-order valence-electron chi connectivity index (χ0n) is 19.6. The van der Waals surface area contributed by atoms with Crippen LogP contribution in [-0.4, -0.2) is 68.3 Å². The van der Waals surface area contributed by atoms with Gasteiger partial charge in [-0.15, -0.1) is 0 Å². The molecule has 9 nitrogen and oxygen atoms in total. The Morgan fingerprint density at radius 3 is 2.58 bits per heavy atom. The molecule has 1 aromatic carbocycles. The van der Waals surface area contributed by atoms with E-state index in [0.717, 1.165) is 22.5 Å². The molecule has 0 N–H and O–H groups in total. The number of sulfone groups is 1. The summed E-state index contributed by atoms with van der Waals surface area (Å²) in [5.74, 6) is 0.108. The second-order valence-corrected chi connectivity index (χ2v) is 13.4. The van der Waals surface area contributed by atoms with Crippen molar-refractivity contribution in [1.29, 1.82) is 0 Å². The number of amides is 1. The Balaban J connectivity index is 1.54. The Morgan fingerprint density at radius 1 is 1.27 bits per heavy atom. The third kappa shape index (κ3) is 4.40. The van der Waals surface area contributed by atoms with E-state index in [1.165, 1.54) is 10.6 Å². The van der Waals surface area contributed by atoms with Crippen LogP contribution in [0.4, 0.5) is 5.69 Å². The van der Waals surface area contributed by atoms with Crippen molar-refractivity contribution in [3.8, 4) is 0 Å². The van der Waals surface area contributed by atoms with E-state index in [1.54, 1.807) is 34.8 Å². The van der Waals surface area contributed by atoms with Crippen molar-refractivity contribution in [2.45, 2.75) is 52.2 Å². The van der Waals surface area contributed by atoms with E-state index in [4.69, 9.17) is 0 Å². The second-order valence-electron chi connectivity index (χ2n) is 9.27. The first-order valence-corrected chi connectivity index (χ1v) is 14.6. The summed E-state index contributed by atoms with van der Waals surface area (Å²) in [6.07, 6.45) is 2.30. The number of aryl methyl sites for hydroxylation is 1. The second kappa shape index (κ2) is 8.12. The van der Waals surface area contributed by atoms with E-state index < -0.39 is 19.9 Å². The van der Waals surface area contributed by atoms with Crippen molar-refractivity contribution in [3.05, 3.63) is 46.3 Å². The minimum Gasteiger partial charge on any atom is -0.337 e. The molecule has 11 heteroatoms. The summed E-state index contributed by atoms with van der Waals surface area (Å²) < 4.78 is 51.3. The summed E-state index contributed by atoms with van der Waals surface area (Å²) in [6.45, 7) is 5.98. The van der Waals surface area contributed by atoms with Gasteiger partial charge >= 0.3 is 0 Å². The summed E-state index contributed by atoms with van der Waals surface area (Å²) in [5.41, 5.74) is 4.54. The highest BCUT2D eigenvalue weighted by Crippen LogP contribution is 2.35. The molecule has 1 amide bonds. The number of benzene rings is 1. The van der Waals surface area contributed by atoms with E-state index in [1.807, 2.05) is 20.8 Å². The van der Waals surface area contributed by atoms with Gasteiger partial charge in [-0.3, -0.25) is 13.8 Å². The topological polar surface area (TPSA) is 110 Å². The fourth-order valence-corrected chi connectivity index (χ4v) is 7.98. The monoisotopic (exact) mass is 494 g/mol. The SMILES string of the molecule is Cc1nn([C@H]2CCS(=O)(=O)C2)c(C)c1CN(C)C(=O)c1ccc2c(c1)C[C@@H](C)N2S(C)(=O)=O. The standard InChI is InChI=1S/C22H30N4O5S2/c1-14-10-18-11-17(6-7-21(18)26(14)32(5,28)29)22(27)24(4)12-20-15(2)23-25(16(20)3)19-8-9-33(30,31)13-19/h6-7,11,14,19H,8-10,12-13H2,1-5H3/t14-,19+/m1/s1. The molecule has 0 radical (unpaired) electrons. The van der Waals surface area contributed by atoms with Crippen molar-refractivity contribution in [1.82, 2.24) is 14.7 Å². The third-order valence-corrected chi connectivity index (χ3v) is 9.63. The summed E-state index contributed by atoms with van der Waals surface area (Å²) in [4.78, 5) is 14.8. The molecular formula is C22H30N4O5S2. The minimum atomic E-state index is -3.39. The molecule has 2 aliphatic rings. The lowest BCUT2D eigenvalue weighted by Crippen LogP contribution is -2.34. The van der Waals surface area contributed by atoms with Gasteiger partial charge in [0, 0.05) is 36.5 Å². The lowest BCUT2D eigenvalue weighted by molar-refractivity contribution is 0.0784. The van der Waals surface area contributed by atoms with Crippen LogP contribution in [0.15, 0.2) is 18.2 Å². The normalized spacial score (nSPS) is 21.9. The van der Waals surface area contributed by atoms with Gasteiger partial charge in [-0.25, -0.2) is 16.8 Å². The summed E-state index contributed by atoms with van der Waals surface area (Å²) in [5, 5.41) is 4.58. The Kier molecular flexibility index (Phi) is 5.84. The summed E-state index contributed by atoms with van der Waals surface area (Å²) in [6, 6.07) is 4.80. The molecule has 4 rings (SSSR count). The number of nitrogens with zero attached hydrogens (tertiary/aromatic N) is 4. The van der Waals surface area contributed by atoms with Crippen LogP contribution in [-0.2, 0) is 32.8 Å². The van der Waals surface area contributed by atoms with E-state index in [-0.39, 0.29) is 29.5 Å².